The molecule has 0 amide bonds. The number of rotatable bonds is 0. The van der Waals surface area contributed by atoms with Crippen LogP contribution in [0.1, 0.15) is 8.56 Å². The quantitative estimate of drug-likeness (QED) is 0.370. The molecule has 0 bridgehead atoms. The molecule has 0 aromatic rings. The van der Waals surface area contributed by atoms with Gasteiger partial charge in [0, 0.05) is 77.7 Å². The van der Waals surface area contributed by atoms with E-state index in [4.69, 9.17) is 35.7 Å². The first kappa shape index (κ1) is 74.2. The van der Waals surface area contributed by atoms with Gasteiger partial charge in [0.1, 0.15) is 0 Å². The Labute approximate surface area is 166 Å². The Balaban J connectivity index is -0.00000000218. The van der Waals surface area contributed by atoms with E-state index in [0.29, 0.717) is 0 Å². The van der Waals surface area contributed by atoms with Gasteiger partial charge in [-0.2, -0.15) is 0 Å². The van der Waals surface area contributed by atoms with Crippen molar-refractivity contribution < 1.29 is 60.7 Å². The third kappa shape index (κ3) is 2260. The molecule has 0 heterocycles. The lowest BCUT2D eigenvalue weighted by atomic mass is 15.9. The molecular formula is H18Mg3O11Si4. The van der Waals surface area contributed by atoms with E-state index in [9.17, 15) is 0 Å². The molecule has 0 saturated heterocycles. The van der Waals surface area contributed by atoms with E-state index < -0.39 is 37.2 Å². The van der Waals surface area contributed by atoms with Crippen LogP contribution in [0.25, 0.3) is 0 Å². The summed E-state index contributed by atoms with van der Waals surface area (Å²) in [5, 5.41) is 0. The maximum absolute atomic E-state index is 8.40. The van der Waals surface area contributed by atoms with Crippen LogP contribution < -0.4 is 0 Å². The molecule has 18 heavy (non-hydrogen) atoms. The molecule has 0 saturated carbocycles. The zero-order valence-electron chi connectivity index (χ0n) is 8.89. The lowest BCUT2D eigenvalue weighted by Crippen LogP contribution is -1.26. The standard InChI is InChI=1S/3Mg.4O2Si.3H2O.6H2/c;;;4*1-3-2;;;;;;;;;/h;;;;;;;3*1H2;6*1H. The van der Waals surface area contributed by atoms with Crippen LogP contribution in [-0.4, -0.2) is 123 Å². The van der Waals surface area contributed by atoms with Gasteiger partial charge in [0.2, 0.25) is 0 Å². The fourth-order valence-corrected chi connectivity index (χ4v) is 0. The maximum atomic E-state index is 8.40. The molecule has 18 heteroatoms. The highest BCUT2D eigenvalue weighted by molar-refractivity contribution is 5.95. The lowest BCUT2D eigenvalue weighted by molar-refractivity contribution is 0.496. The molecule has 6 radical (unpaired) electrons. The first-order chi connectivity index (χ1) is 5.66. The minimum absolute atomic E-state index is 0. The normalized spacial score (nSPS) is 1.78. The van der Waals surface area contributed by atoms with Crippen molar-refractivity contribution in [3.63, 3.8) is 0 Å². The third-order valence-electron chi connectivity index (χ3n) is 0. The number of hydrogen-bond acceptors (Lipinski definition) is 8. The van der Waals surface area contributed by atoms with Gasteiger partial charge in [-0.15, -0.1) is 0 Å². The Morgan fingerprint density at radius 2 is 0.389 bits per heavy atom. The Morgan fingerprint density at radius 3 is 0.389 bits per heavy atom. The zero-order valence-corrected chi connectivity index (χ0v) is 17.1. The van der Waals surface area contributed by atoms with E-state index in [2.05, 4.69) is 0 Å². The fraction of sp³-hybridized carbons (Fsp3) is 0. The summed E-state index contributed by atoms with van der Waals surface area (Å²) in [6, 6.07) is 0. The molecular weight excluding hydrogens is 361 g/mol. The van der Waals surface area contributed by atoms with Crippen molar-refractivity contribution in [2.45, 2.75) is 0 Å². The van der Waals surface area contributed by atoms with Crippen LogP contribution in [0.2, 0.25) is 0 Å². The van der Waals surface area contributed by atoms with E-state index in [1.807, 2.05) is 0 Å². The summed E-state index contributed by atoms with van der Waals surface area (Å²) in [5.41, 5.74) is 0. The Hall–Kier alpha value is 1.45. The van der Waals surface area contributed by atoms with Gasteiger partial charge in [-0.3, -0.25) is 35.7 Å². The van der Waals surface area contributed by atoms with Gasteiger partial charge in [0.25, 0.3) is 0 Å². The van der Waals surface area contributed by atoms with Crippen molar-refractivity contribution >= 4 is 106 Å². The molecule has 0 unspecified atom stereocenters. The second-order valence-corrected chi connectivity index (χ2v) is 1.00. The minimum Gasteiger partial charge on any atom is -0.412 e. The third-order valence-corrected chi connectivity index (χ3v) is 0. The van der Waals surface area contributed by atoms with Crippen LogP contribution in [0.15, 0.2) is 0 Å². The SMILES string of the molecule is O.O.O.O=[Si]=O.O=[Si]=O.O=[Si]=O.O=[Si]=O.[HH].[HH].[HH].[HH].[HH].[HH].[Mg].[Mg].[Mg]. The molecule has 0 aromatic carbocycles. The summed E-state index contributed by atoms with van der Waals surface area (Å²) in [5.74, 6) is 0. The summed E-state index contributed by atoms with van der Waals surface area (Å²) in [6.07, 6.45) is 0. The molecule has 0 rings (SSSR count). The highest BCUT2D eigenvalue weighted by Crippen LogP contribution is 0.768. The maximum Gasteiger partial charge on any atom is 0.549 e. The van der Waals surface area contributed by atoms with Crippen LogP contribution in [0.3, 0.4) is 0 Å². The Morgan fingerprint density at radius 1 is 0.389 bits per heavy atom. The average Bonchev–Trinajstić information content (AvgIpc) is 1.92. The summed E-state index contributed by atoms with van der Waals surface area (Å²) < 4.78 is 67.2. The van der Waals surface area contributed by atoms with Crippen molar-refractivity contribution in [3.8, 4) is 0 Å². The fourth-order valence-electron chi connectivity index (χ4n) is 0. The molecule has 0 spiro atoms. The van der Waals surface area contributed by atoms with Gasteiger partial charge in [0.05, 0.1) is 0 Å². The Bertz CT molecular complexity index is 176. The van der Waals surface area contributed by atoms with Crippen LogP contribution in [0.4, 0.5) is 0 Å². The van der Waals surface area contributed by atoms with Crippen LogP contribution in [0.5, 0.6) is 0 Å². The number of hydrogen-bond donors (Lipinski definition) is 0. The highest BCUT2D eigenvalue weighted by atomic mass is 28.2. The molecule has 0 aliphatic carbocycles. The second kappa shape index (κ2) is 189. The molecule has 11 nitrogen and oxygen atoms in total. The zero-order chi connectivity index (χ0) is 10.8. The van der Waals surface area contributed by atoms with Gasteiger partial charge < -0.3 is 16.4 Å². The van der Waals surface area contributed by atoms with Crippen molar-refractivity contribution in [3.05, 3.63) is 0 Å². The molecule has 0 fully saturated rings. The highest BCUT2D eigenvalue weighted by Gasteiger charge is 1.23. The van der Waals surface area contributed by atoms with Gasteiger partial charge in [-0.25, -0.2) is 0 Å². The van der Waals surface area contributed by atoms with Crippen molar-refractivity contribution in [2.24, 2.45) is 0 Å². The summed E-state index contributed by atoms with van der Waals surface area (Å²) >= 11 is 0. The first-order valence-corrected chi connectivity index (χ1v) is 4.90. The minimum atomic E-state index is -1.42. The monoisotopic (exact) mass is 378 g/mol. The van der Waals surface area contributed by atoms with Gasteiger partial charge in [-0.1, -0.05) is 0 Å². The van der Waals surface area contributed by atoms with Crippen molar-refractivity contribution in [2.75, 3.05) is 0 Å². The van der Waals surface area contributed by atoms with Crippen LogP contribution >= 0.6 is 0 Å². The van der Waals surface area contributed by atoms with E-state index >= 15 is 0 Å². The second-order valence-electron chi connectivity index (χ2n) is 0.333. The summed E-state index contributed by atoms with van der Waals surface area (Å²) in [7, 11) is -5.67. The van der Waals surface area contributed by atoms with Gasteiger partial charge in [0.15, 0.2) is 0 Å². The largest absolute Gasteiger partial charge is 0.549 e. The lowest BCUT2D eigenvalue weighted by Gasteiger charge is -0.944. The van der Waals surface area contributed by atoms with E-state index in [1.54, 1.807) is 0 Å². The van der Waals surface area contributed by atoms with E-state index in [0.717, 1.165) is 0 Å². The van der Waals surface area contributed by atoms with Gasteiger partial charge in [-0.05, 0) is 0 Å². The summed E-state index contributed by atoms with van der Waals surface area (Å²) in [4.78, 5) is 0. The average molecular weight is 379 g/mol. The topological polar surface area (TPSA) is 231 Å². The molecule has 0 atom stereocenters. The predicted molar refractivity (Wildman–Crippen MR) is 69.3 cm³/mol. The van der Waals surface area contributed by atoms with E-state index in [-0.39, 0.29) is 94.1 Å². The van der Waals surface area contributed by atoms with Crippen LogP contribution in [0, 0.1) is 0 Å². The van der Waals surface area contributed by atoms with E-state index in [1.165, 1.54) is 0 Å². The molecule has 6 N–H and O–H groups in total. The first-order valence-electron chi connectivity index (χ1n) is 1.63. The summed E-state index contributed by atoms with van der Waals surface area (Å²) in [6.45, 7) is 0. The molecule has 106 valence electrons. The van der Waals surface area contributed by atoms with Crippen LogP contribution in [-0.2, 0) is 35.7 Å². The molecule has 0 aromatic heterocycles. The molecule has 0 aliphatic heterocycles. The van der Waals surface area contributed by atoms with Gasteiger partial charge >= 0.3 is 37.2 Å². The van der Waals surface area contributed by atoms with Crippen molar-refractivity contribution in [1.29, 1.82) is 0 Å². The van der Waals surface area contributed by atoms with Crippen molar-refractivity contribution in [1.82, 2.24) is 0 Å². The molecule has 0 aliphatic rings. The smallest absolute Gasteiger partial charge is 0.412 e. The predicted octanol–water partition coefficient (Wildman–Crippen LogP) is -4.61. The Kier molecular flexibility index (Phi) is 780.